The molecule has 0 fully saturated rings. The highest BCUT2D eigenvalue weighted by molar-refractivity contribution is 14.0. The lowest BCUT2D eigenvalue weighted by atomic mass is 10.2. The van der Waals surface area contributed by atoms with Gasteiger partial charge in [0.1, 0.15) is 5.82 Å². The molecule has 0 aliphatic carbocycles. The van der Waals surface area contributed by atoms with Gasteiger partial charge in [-0.05, 0) is 37.6 Å². The molecule has 0 spiro atoms. The number of nitrogens with one attached hydrogen (secondary N) is 2. The zero-order valence-corrected chi connectivity index (χ0v) is 16.9. The summed E-state index contributed by atoms with van der Waals surface area (Å²) < 4.78 is 12.9. The molecule has 0 aliphatic heterocycles. The van der Waals surface area contributed by atoms with Gasteiger partial charge in [0.2, 0.25) is 0 Å². The largest absolute Gasteiger partial charge is 0.357 e. The van der Waals surface area contributed by atoms with Gasteiger partial charge in [-0.2, -0.15) is 0 Å². The van der Waals surface area contributed by atoms with Crippen molar-refractivity contribution in [1.29, 1.82) is 0 Å². The number of hydrogen-bond acceptors (Lipinski definition) is 2. The number of rotatable bonds is 8. The molecule has 0 radical (unpaired) electrons. The van der Waals surface area contributed by atoms with Crippen LogP contribution in [0.3, 0.4) is 0 Å². The summed E-state index contributed by atoms with van der Waals surface area (Å²) in [7, 11) is 2.06. The number of guanidine groups is 1. The normalized spacial score (nSPS) is 11.5. The van der Waals surface area contributed by atoms with Crippen LogP contribution in [0.5, 0.6) is 0 Å². The van der Waals surface area contributed by atoms with E-state index < -0.39 is 0 Å². The predicted molar refractivity (Wildman–Crippen MR) is 107 cm³/mol. The molecule has 0 amide bonds. The topological polar surface area (TPSA) is 39.7 Å². The fourth-order valence-corrected chi connectivity index (χ4v) is 1.96. The fraction of sp³-hybridized carbons (Fsp3) is 0.588. The number of halogens is 2. The standard InChI is InChI=1S/C17H29FN4.HI/c1-5-19-17(21-12-14(2)3)20-10-11-22(4)13-15-6-8-16(18)9-7-15;/h6-9,14H,5,10-13H2,1-4H3,(H2,19,20,21);1H. The van der Waals surface area contributed by atoms with Crippen LogP contribution >= 0.6 is 24.0 Å². The maximum Gasteiger partial charge on any atom is 0.191 e. The van der Waals surface area contributed by atoms with Gasteiger partial charge in [0.15, 0.2) is 5.96 Å². The second kappa shape index (κ2) is 12.5. The van der Waals surface area contributed by atoms with Crippen LogP contribution in [0.2, 0.25) is 0 Å². The van der Waals surface area contributed by atoms with Crippen molar-refractivity contribution in [2.75, 3.05) is 33.2 Å². The second-order valence-corrected chi connectivity index (χ2v) is 5.90. The molecule has 0 heterocycles. The van der Waals surface area contributed by atoms with E-state index in [9.17, 15) is 4.39 Å². The third kappa shape index (κ3) is 10.5. The molecule has 132 valence electrons. The molecule has 0 aliphatic rings. The summed E-state index contributed by atoms with van der Waals surface area (Å²) in [5, 5.41) is 6.59. The minimum Gasteiger partial charge on any atom is -0.357 e. The van der Waals surface area contributed by atoms with Crippen molar-refractivity contribution in [1.82, 2.24) is 15.5 Å². The van der Waals surface area contributed by atoms with Crippen LogP contribution in [0, 0.1) is 11.7 Å². The Bertz CT molecular complexity index is 448. The maximum atomic E-state index is 12.9. The molecule has 1 aromatic rings. The zero-order chi connectivity index (χ0) is 16.4. The number of hydrogen-bond donors (Lipinski definition) is 2. The monoisotopic (exact) mass is 436 g/mol. The van der Waals surface area contributed by atoms with Crippen molar-refractivity contribution in [3.05, 3.63) is 35.6 Å². The fourth-order valence-electron chi connectivity index (χ4n) is 1.96. The average molecular weight is 436 g/mol. The van der Waals surface area contributed by atoms with Gasteiger partial charge in [0.25, 0.3) is 0 Å². The van der Waals surface area contributed by atoms with Crippen molar-refractivity contribution in [3.8, 4) is 0 Å². The Hall–Kier alpha value is -0.890. The molecule has 0 aromatic heterocycles. The Morgan fingerprint density at radius 1 is 1.22 bits per heavy atom. The highest BCUT2D eigenvalue weighted by atomic mass is 127. The summed E-state index contributed by atoms with van der Waals surface area (Å²) in [5.74, 6) is 1.23. The van der Waals surface area contributed by atoms with Crippen LogP contribution in [0.15, 0.2) is 29.3 Å². The minimum atomic E-state index is -0.190. The molecule has 23 heavy (non-hydrogen) atoms. The van der Waals surface area contributed by atoms with Crippen LogP contribution in [0.1, 0.15) is 26.3 Å². The zero-order valence-electron chi connectivity index (χ0n) is 14.6. The molecule has 0 saturated carbocycles. The predicted octanol–water partition coefficient (Wildman–Crippen LogP) is 3.09. The van der Waals surface area contributed by atoms with Gasteiger partial charge < -0.3 is 15.5 Å². The minimum absolute atomic E-state index is 0. The first kappa shape index (κ1) is 22.1. The maximum absolute atomic E-state index is 12.9. The van der Waals surface area contributed by atoms with Crippen molar-refractivity contribution < 1.29 is 4.39 Å². The van der Waals surface area contributed by atoms with Gasteiger partial charge in [-0.3, -0.25) is 4.99 Å². The number of nitrogens with zero attached hydrogens (tertiary/aromatic N) is 2. The van der Waals surface area contributed by atoms with Crippen LogP contribution in [-0.2, 0) is 6.54 Å². The Labute approximate surface area is 157 Å². The number of benzene rings is 1. The second-order valence-electron chi connectivity index (χ2n) is 5.90. The summed E-state index contributed by atoms with van der Waals surface area (Å²) in [6.45, 7) is 10.6. The summed E-state index contributed by atoms with van der Waals surface area (Å²) in [4.78, 5) is 6.74. The third-order valence-electron chi connectivity index (χ3n) is 3.11. The molecular weight excluding hydrogens is 406 g/mol. The lowest BCUT2D eigenvalue weighted by Gasteiger charge is -2.18. The van der Waals surface area contributed by atoms with Gasteiger partial charge in [-0.15, -0.1) is 24.0 Å². The average Bonchev–Trinajstić information content (AvgIpc) is 2.47. The smallest absolute Gasteiger partial charge is 0.191 e. The van der Waals surface area contributed by atoms with Gasteiger partial charge >= 0.3 is 0 Å². The Morgan fingerprint density at radius 2 is 1.87 bits per heavy atom. The lowest BCUT2D eigenvalue weighted by Crippen LogP contribution is -2.41. The van der Waals surface area contributed by atoms with Gasteiger partial charge in [0, 0.05) is 32.7 Å². The number of aliphatic imine (C=N–C) groups is 1. The van der Waals surface area contributed by atoms with Crippen molar-refractivity contribution in [2.24, 2.45) is 10.9 Å². The van der Waals surface area contributed by atoms with E-state index in [1.165, 1.54) is 12.1 Å². The van der Waals surface area contributed by atoms with Crippen LogP contribution in [0.25, 0.3) is 0 Å². The highest BCUT2D eigenvalue weighted by Crippen LogP contribution is 2.04. The first-order valence-electron chi connectivity index (χ1n) is 7.96. The summed E-state index contributed by atoms with van der Waals surface area (Å²) >= 11 is 0. The molecule has 0 bridgehead atoms. The number of likely N-dealkylation sites (N-methyl/N-ethyl adjacent to an activating group) is 1. The molecule has 6 heteroatoms. The molecule has 1 rings (SSSR count). The van der Waals surface area contributed by atoms with E-state index in [0.717, 1.165) is 44.2 Å². The summed E-state index contributed by atoms with van der Waals surface area (Å²) in [5.41, 5.74) is 1.12. The molecule has 0 saturated heterocycles. The first-order chi connectivity index (χ1) is 10.5. The Kier molecular flexibility index (Phi) is 12.0. The van der Waals surface area contributed by atoms with Crippen molar-refractivity contribution in [2.45, 2.75) is 27.3 Å². The van der Waals surface area contributed by atoms with Crippen molar-refractivity contribution >= 4 is 29.9 Å². The van der Waals surface area contributed by atoms with E-state index in [-0.39, 0.29) is 29.8 Å². The lowest BCUT2D eigenvalue weighted by molar-refractivity contribution is 0.331. The van der Waals surface area contributed by atoms with E-state index in [1.54, 1.807) is 0 Å². The van der Waals surface area contributed by atoms with Crippen LogP contribution in [0.4, 0.5) is 4.39 Å². The van der Waals surface area contributed by atoms with Crippen molar-refractivity contribution in [3.63, 3.8) is 0 Å². The molecule has 0 unspecified atom stereocenters. The summed E-state index contributed by atoms with van der Waals surface area (Å²) in [6, 6.07) is 6.66. The van der Waals surface area contributed by atoms with Gasteiger partial charge in [-0.1, -0.05) is 26.0 Å². The van der Waals surface area contributed by atoms with E-state index in [0.29, 0.717) is 5.92 Å². The van der Waals surface area contributed by atoms with E-state index in [2.05, 4.69) is 48.3 Å². The molecule has 1 aromatic carbocycles. The van der Waals surface area contributed by atoms with Gasteiger partial charge in [-0.25, -0.2) is 4.39 Å². The quantitative estimate of drug-likeness (QED) is 0.374. The van der Waals surface area contributed by atoms with Crippen LogP contribution in [-0.4, -0.2) is 44.1 Å². The first-order valence-corrected chi connectivity index (χ1v) is 7.96. The Balaban J connectivity index is 0.00000484. The van der Waals surface area contributed by atoms with Crippen LogP contribution < -0.4 is 10.6 Å². The highest BCUT2D eigenvalue weighted by Gasteiger charge is 2.02. The summed E-state index contributed by atoms with van der Waals surface area (Å²) in [6.07, 6.45) is 0. The molecular formula is C17H30FIN4. The third-order valence-corrected chi connectivity index (χ3v) is 3.11. The van der Waals surface area contributed by atoms with E-state index in [1.807, 2.05) is 12.1 Å². The van der Waals surface area contributed by atoms with E-state index in [4.69, 9.17) is 0 Å². The molecule has 0 atom stereocenters. The van der Waals surface area contributed by atoms with E-state index >= 15 is 0 Å². The molecule has 2 N–H and O–H groups in total. The SMILES string of the molecule is CCNC(=NCC(C)C)NCCN(C)Cc1ccc(F)cc1.I. The molecule has 4 nitrogen and oxygen atoms in total. The Morgan fingerprint density at radius 3 is 2.43 bits per heavy atom. The van der Waals surface area contributed by atoms with Gasteiger partial charge in [0.05, 0.1) is 0 Å².